The van der Waals surface area contributed by atoms with Gasteiger partial charge in [-0.25, -0.2) is 4.79 Å². The average Bonchev–Trinajstić information content (AvgIpc) is 2.68. The van der Waals surface area contributed by atoms with E-state index in [1.54, 1.807) is 61.7 Å². The largest absolute Gasteiger partial charge is 0.497 e. The molecule has 0 heterocycles. The number of ether oxygens (including phenoxy) is 2. The molecule has 2 aromatic carbocycles. The quantitative estimate of drug-likeness (QED) is 0.415. The monoisotopic (exact) mass is 362 g/mol. The molecule has 0 aromatic heterocycles. The Balaban J connectivity index is 2.37. The van der Waals surface area contributed by atoms with Crippen molar-refractivity contribution in [2.24, 2.45) is 0 Å². The Labute approximate surface area is 146 Å². The second-order valence-corrected chi connectivity index (χ2v) is 7.04. The Kier molecular flexibility index (Phi) is 6.53. The number of benzene rings is 2. The van der Waals surface area contributed by atoms with Gasteiger partial charge in [0.05, 0.1) is 12.7 Å². The van der Waals surface area contributed by atoms with E-state index in [-0.39, 0.29) is 5.50 Å². The topological polar surface area (TPSA) is 71.1 Å². The van der Waals surface area contributed by atoms with E-state index >= 15 is 0 Å². The minimum Gasteiger partial charge on any atom is -0.497 e. The summed E-state index contributed by atoms with van der Waals surface area (Å²) in [5, 5.41) is 0. The number of methoxy groups -OCH3 is 1. The fraction of sp³-hybridized carbons (Fsp3) is 0.167. The first-order valence-corrected chi connectivity index (χ1v) is 8.91. The van der Waals surface area contributed by atoms with Gasteiger partial charge in [-0.3, -0.25) is 4.57 Å². The van der Waals surface area contributed by atoms with Crippen LogP contribution in [0.3, 0.4) is 0 Å². The fourth-order valence-electron chi connectivity index (χ4n) is 1.99. The molecule has 0 saturated heterocycles. The van der Waals surface area contributed by atoms with Crippen molar-refractivity contribution in [3.05, 3.63) is 71.2 Å². The third-order valence-electron chi connectivity index (χ3n) is 3.36. The third-order valence-corrected chi connectivity index (χ3v) is 5.08. The Hall–Kier alpha value is -2.40. The molecule has 0 fully saturated rings. The van der Waals surface area contributed by atoms with Crippen LogP contribution in [0.15, 0.2) is 60.1 Å². The first kappa shape index (κ1) is 18.9. The average molecular weight is 362 g/mol. The molecule has 0 aliphatic carbocycles. The molecular formula is C18H19O6P. The highest BCUT2D eigenvalue weighted by Gasteiger charge is 2.32. The van der Waals surface area contributed by atoms with E-state index < -0.39 is 13.6 Å². The first-order chi connectivity index (χ1) is 12.0. The van der Waals surface area contributed by atoms with Gasteiger partial charge in [0.25, 0.3) is 0 Å². The highest BCUT2D eigenvalue weighted by atomic mass is 31.2. The van der Waals surface area contributed by atoms with Gasteiger partial charge >= 0.3 is 13.6 Å². The maximum Gasteiger partial charge on any atom is 0.395 e. The van der Waals surface area contributed by atoms with Gasteiger partial charge in [0, 0.05) is 14.2 Å². The van der Waals surface area contributed by atoms with Crippen LogP contribution in [-0.2, 0) is 18.3 Å². The number of hydrogen-bond acceptors (Lipinski definition) is 6. The Morgan fingerprint density at radius 3 is 2.04 bits per heavy atom. The zero-order valence-electron chi connectivity index (χ0n) is 14.2. The molecule has 0 aliphatic rings. The highest BCUT2D eigenvalue weighted by Crippen LogP contribution is 2.55. The van der Waals surface area contributed by atoms with Crippen LogP contribution in [0.4, 0.5) is 0 Å². The molecule has 0 spiro atoms. The maximum atomic E-state index is 12.7. The zero-order valence-corrected chi connectivity index (χ0v) is 15.1. The van der Waals surface area contributed by atoms with E-state index in [4.69, 9.17) is 18.5 Å². The van der Waals surface area contributed by atoms with Gasteiger partial charge < -0.3 is 18.5 Å². The van der Waals surface area contributed by atoms with Crippen LogP contribution >= 0.6 is 7.60 Å². The fourth-order valence-corrected chi connectivity index (χ4v) is 3.00. The number of carbonyl (C=O) groups excluding carboxylic acids is 1. The molecule has 132 valence electrons. The molecule has 0 unspecified atom stereocenters. The van der Waals surface area contributed by atoms with Crippen molar-refractivity contribution in [2.45, 2.75) is 0 Å². The van der Waals surface area contributed by atoms with E-state index in [9.17, 15) is 9.36 Å². The van der Waals surface area contributed by atoms with Crippen LogP contribution in [-0.4, -0.2) is 27.3 Å². The van der Waals surface area contributed by atoms with Gasteiger partial charge in [0.2, 0.25) is 5.50 Å². The lowest BCUT2D eigenvalue weighted by Crippen LogP contribution is -2.07. The van der Waals surface area contributed by atoms with Crippen LogP contribution in [0.1, 0.15) is 15.9 Å². The Morgan fingerprint density at radius 1 is 0.920 bits per heavy atom. The standard InChI is InChI=1S/C18H19O6P/c1-21-16-11-9-14(10-12-16)13-17(25(20,22-2)23-3)24-18(19)15-7-5-4-6-8-15/h4-13H,1-3H3/b17-13+. The molecule has 6 nitrogen and oxygen atoms in total. The molecule has 0 amide bonds. The minimum absolute atomic E-state index is 0.198. The smallest absolute Gasteiger partial charge is 0.395 e. The van der Waals surface area contributed by atoms with Crippen molar-refractivity contribution < 1.29 is 27.9 Å². The lowest BCUT2D eigenvalue weighted by molar-refractivity contribution is 0.0635. The third kappa shape index (κ3) is 4.79. The molecule has 2 rings (SSSR count). The normalized spacial score (nSPS) is 11.9. The van der Waals surface area contributed by atoms with E-state index in [1.807, 2.05) is 0 Å². The summed E-state index contributed by atoms with van der Waals surface area (Å²) >= 11 is 0. The van der Waals surface area contributed by atoms with Gasteiger partial charge in [0.15, 0.2) is 0 Å². The maximum absolute atomic E-state index is 12.7. The van der Waals surface area contributed by atoms with Gasteiger partial charge in [0.1, 0.15) is 5.75 Å². The summed E-state index contributed by atoms with van der Waals surface area (Å²) < 4.78 is 33.1. The molecule has 0 saturated carbocycles. The molecular weight excluding hydrogens is 343 g/mol. The Bertz CT molecular complexity index is 775. The van der Waals surface area contributed by atoms with Crippen molar-refractivity contribution in [2.75, 3.05) is 21.3 Å². The number of hydrogen-bond donors (Lipinski definition) is 0. The molecule has 25 heavy (non-hydrogen) atoms. The second kappa shape index (κ2) is 8.62. The molecule has 0 aliphatic heterocycles. The van der Waals surface area contributed by atoms with Crippen molar-refractivity contribution in [3.8, 4) is 5.75 Å². The van der Waals surface area contributed by atoms with Gasteiger partial charge in [-0.05, 0) is 35.9 Å². The van der Waals surface area contributed by atoms with Crippen molar-refractivity contribution in [1.29, 1.82) is 0 Å². The summed E-state index contributed by atoms with van der Waals surface area (Å²) in [4.78, 5) is 12.3. The molecule has 0 bridgehead atoms. The summed E-state index contributed by atoms with van der Waals surface area (Å²) in [5.41, 5.74) is 0.768. The molecule has 0 atom stereocenters. The van der Waals surface area contributed by atoms with Crippen LogP contribution in [0.5, 0.6) is 5.75 Å². The summed E-state index contributed by atoms with van der Waals surface area (Å²) in [6, 6.07) is 15.3. The number of esters is 1. The van der Waals surface area contributed by atoms with E-state index in [1.165, 1.54) is 20.3 Å². The molecule has 0 N–H and O–H groups in total. The van der Waals surface area contributed by atoms with Crippen LogP contribution < -0.4 is 4.74 Å². The van der Waals surface area contributed by atoms with Gasteiger partial charge in [-0.2, -0.15) is 0 Å². The highest BCUT2D eigenvalue weighted by molar-refractivity contribution is 7.58. The minimum atomic E-state index is -3.76. The molecule has 2 aromatic rings. The molecule has 0 radical (unpaired) electrons. The van der Waals surface area contributed by atoms with E-state index in [0.29, 0.717) is 16.9 Å². The van der Waals surface area contributed by atoms with Gasteiger partial charge in [-0.1, -0.05) is 30.3 Å². The zero-order chi connectivity index (χ0) is 18.3. The summed E-state index contributed by atoms with van der Waals surface area (Å²) in [6.45, 7) is 0. The predicted octanol–water partition coefficient (Wildman–Crippen LogP) is 4.34. The van der Waals surface area contributed by atoms with E-state index in [0.717, 1.165) is 0 Å². The Morgan fingerprint density at radius 2 is 1.52 bits per heavy atom. The van der Waals surface area contributed by atoms with Crippen molar-refractivity contribution in [1.82, 2.24) is 0 Å². The number of carbonyl (C=O) groups is 1. The first-order valence-electron chi connectivity index (χ1n) is 7.37. The van der Waals surface area contributed by atoms with Crippen LogP contribution in [0, 0.1) is 0 Å². The van der Waals surface area contributed by atoms with Crippen LogP contribution in [0.25, 0.3) is 6.08 Å². The lowest BCUT2D eigenvalue weighted by atomic mass is 10.2. The van der Waals surface area contributed by atoms with Crippen molar-refractivity contribution in [3.63, 3.8) is 0 Å². The lowest BCUT2D eigenvalue weighted by Gasteiger charge is -2.17. The van der Waals surface area contributed by atoms with E-state index in [2.05, 4.69) is 0 Å². The second-order valence-electron chi connectivity index (χ2n) is 4.87. The summed E-state index contributed by atoms with van der Waals surface area (Å²) in [5.74, 6) is 0.0105. The van der Waals surface area contributed by atoms with Gasteiger partial charge in [-0.15, -0.1) is 0 Å². The summed E-state index contributed by atoms with van der Waals surface area (Å²) in [6.07, 6.45) is 1.44. The molecule has 7 heteroatoms. The predicted molar refractivity (Wildman–Crippen MR) is 94.5 cm³/mol. The number of rotatable bonds is 7. The SMILES string of the molecule is COc1ccc(/C=C(\OC(=O)c2ccccc2)P(=O)(OC)OC)cc1. The van der Waals surface area contributed by atoms with Crippen LogP contribution in [0.2, 0.25) is 0 Å². The van der Waals surface area contributed by atoms with Crippen molar-refractivity contribution >= 4 is 19.6 Å². The summed E-state index contributed by atoms with van der Waals surface area (Å²) in [7, 11) is 0.244.